The molecule has 0 bridgehead atoms. The fraction of sp³-hybridized carbons (Fsp3) is 0.136. The van der Waals surface area contributed by atoms with E-state index in [0.717, 1.165) is 27.9 Å². The van der Waals surface area contributed by atoms with Gasteiger partial charge in [0, 0.05) is 24.2 Å². The normalized spacial score (nSPS) is 10.5. The lowest BCUT2D eigenvalue weighted by atomic mass is 10.1. The van der Waals surface area contributed by atoms with Gasteiger partial charge in [0.05, 0.1) is 18.3 Å². The molecule has 0 radical (unpaired) electrons. The third-order valence-electron chi connectivity index (χ3n) is 4.25. The van der Waals surface area contributed by atoms with E-state index in [1.54, 1.807) is 7.11 Å². The fourth-order valence-electron chi connectivity index (χ4n) is 2.89. The molecule has 2 aromatic heterocycles. The molecule has 27 heavy (non-hydrogen) atoms. The summed E-state index contributed by atoms with van der Waals surface area (Å²) in [7, 11) is 3.58. The molecule has 0 N–H and O–H groups in total. The van der Waals surface area contributed by atoms with Gasteiger partial charge in [0.15, 0.2) is 5.82 Å². The maximum atomic E-state index is 5.32. The Morgan fingerprint density at radius 3 is 2.56 bits per heavy atom. The molecule has 0 spiro atoms. The van der Waals surface area contributed by atoms with Crippen LogP contribution in [0.5, 0.6) is 5.75 Å². The molecule has 132 valence electrons. The van der Waals surface area contributed by atoms with Crippen molar-refractivity contribution >= 4 is 10.9 Å². The molecular weight excluding hydrogens is 336 g/mol. The summed E-state index contributed by atoms with van der Waals surface area (Å²) in [4.78, 5) is 13.6. The molecule has 5 heteroatoms. The molecule has 5 nitrogen and oxygen atoms in total. The number of hydrogen-bond donors (Lipinski definition) is 0. The largest absolute Gasteiger partial charge is 0.497 e. The molecule has 2 aromatic carbocycles. The van der Waals surface area contributed by atoms with Gasteiger partial charge in [-0.3, -0.25) is 0 Å². The first-order valence-corrected chi connectivity index (χ1v) is 8.57. The Kier molecular flexibility index (Phi) is 4.31. The summed E-state index contributed by atoms with van der Waals surface area (Å²) in [5.74, 6) is 8.42. The maximum Gasteiger partial charge on any atom is 0.186 e. The molecule has 0 saturated carbocycles. The number of ether oxygens (including phenoxy) is 1. The Morgan fingerprint density at radius 2 is 1.78 bits per heavy atom. The van der Waals surface area contributed by atoms with Crippen LogP contribution in [-0.4, -0.2) is 26.6 Å². The number of imidazole rings is 1. The average molecular weight is 354 g/mol. The van der Waals surface area contributed by atoms with E-state index in [0.29, 0.717) is 17.3 Å². The van der Waals surface area contributed by atoms with E-state index in [9.17, 15) is 0 Å². The SMILES string of the molecule is COc1ccc2nc(C)nc(C#Cc3nc(-c4ccccc4)cn3C)c2c1. The lowest BCUT2D eigenvalue weighted by molar-refractivity contribution is 0.415. The fourth-order valence-corrected chi connectivity index (χ4v) is 2.89. The van der Waals surface area contributed by atoms with E-state index in [4.69, 9.17) is 4.74 Å². The van der Waals surface area contributed by atoms with Crippen molar-refractivity contribution in [2.75, 3.05) is 7.11 Å². The highest BCUT2D eigenvalue weighted by molar-refractivity contribution is 5.85. The molecule has 0 aliphatic heterocycles. The van der Waals surface area contributed by atoms with Crippen molar-refractivity contribution < 1.29 is 4.74 Å². The minimum Gasteiger partial charge on any atom is -0.497 e. The summed E-state index contributed by atoms with van der Waals surface area (Å²) in [5.41, 5.74) is 3.47. The Hall–Kier alpha value is -3.65. The zero-order chi connectivity index (χ0) is 18.8. The molecular formula is C22H18N4O. The quantitative estimate of drug-likeness (QED) is 0.515. The predicted octanol–water partition coefficient (Wildman–Crippen LogP) is 3.75. The van der Waals surface area contributed by atoms with Crippen LogP contribution in [0, 0.1) is 18.8 Å². The van der Waals surface area contributed by atoms with Crippen molar-refractivity contribution in [1.29, 1.82) is 0 Å². The van der Waals surface area contributed by atoms with Crippen LogP contribution in [0.1, 0.15) is 17.3 Å². The molecule has 0 saturated heterocycles. The van der Waals surface area contributed by atoms with E-state index in [-0.39, 0.29) is 0 Å². The molecule has 4 rings (SSSR count). The molecule has 0 atom stereocenters. The van der Waals surface area contributed by atoms with Gasteiger partial charge in [0.1, 0.15) is 17.3 Å². The monoisotopic (exact) mass is 354 g/mol. The first-order chi connectivity index (χ1) is 13.1. The third-order valence-corrected chi connectivity index (χ3v) is 4.25. The van der Waals surface area contributed by atoms with Gasteiger partial charge in [-0.1, -0.05) is 30.3 Å². The lowest BCUT2D eigenvalue weighted by Gasteiger charge is -2.04. The maximum absolute atomic E-state index is 5.32. The van der Waals surface area contributed by atoms with Gasteiger partial charge in [-0.2, -0.15) is 0 Å². The second-order valence-electron chi connectivity index (χ2n) is 6.18. The van der Waals surface area contributed by atoms with Crippen molar-refractivity contribution in [2.45, 2.75) is 6.92 Å². The van der Waals surface area contributed by atoms with Crippen LogP contribution in [0.25, 0.3) is 22.2 Å². The zero-order valence-corrected chi connectivity index (χ0v) is 15.4. The third kappa shape index (κ3) is 3.38. The van der Waals surface area contributed by atoms with Crippen molar-refractivity contribution in [3.8, 4) is 28.8 Å². The van der Waals surface area contributed by atoms with Gasteiger partial charge in [-0.05, 0) is 37.0 Å². The van der Waals surface area contributed by atoms with Gasteiger partial charge < -0.3 is 9.30 Å². The summed E-state index contributed by atoms with van der Waals surface area (Å²) in [6, 6.07) is 15.8. The standard InChI is InChI=1S/C22H18N4O/c1-15-23-19-10-9-17(27-3)13-18(19)20(24-15)11-12-22-25-21(14-26(22)2)16-7-5-4-6-8-16/h4-10,13-14H,1-3H3. The highest BCUT2D eigenvalue weighted by Gasteiger charge is 2.07. The van der Waals surface area contributed by atoms with Crippen molar-refractivity contribution in [2.24, 2.45) is 7.05 Å². The Labute approximate surface area is 157 Å². The molecule has 2 heterocycles. The van der Waals surface area contributed by atoms with E-state index >= 15 is 0 Å². The average Bonchev–Trinajstić information content (AvgIpc) is 3.07. The number of nitrogens with zero attached hydrogens (tertiary/aromatic N) is 4. The van der Waals surface area contributed by atoms with Crippen LogP contribution >= 0.6 is 0 Å². The van der Waals surface area contributed by atoms with E-state index in [1.165, 1.54) is 0 Å². The Bertz CT molecular complexity index is 1180. The van der Waals surface area contributed by atoms with Crippen LogP contribution in [-0.2, 0) is 7.05 Å². The Balaban J connectivity index is 1.78. The Morgan fingerprint density at radius 1 is 0.963 bits per heavy atom. The number of rotatable bonds is 2. The number of methoxy groups -OCH3 is 1. The first-order valence-electron chi connectivity index (χ1n) is 8.57. The summed E-state index contributed by atoms with van der Waals surface area (Å²) in [6.45, 7) is 1.86. The van der Waals surface area contributed by atoms with Gasteiger partial charge >= 0.3 is 0 Å². The van der Waals surface area contributed by atoms with Crippen LogP contribution in [0.4, 0.5) is 0 Å². The van der Waals surface area contributed by atoms with Crippen molar-refractivity contribution in [1.82, 2.24) is 19.5 Å². The van der Waals surface area contributed by atoms with Crippen molar-refractivity contribution in [3.63, 3.8) is 0 Å². The van der Waals surface area contributed by atoms with Gasteiger partial charge in [-0.25, -0.2) is 15.0 Å². The summed E-state index contributed by atoms with van der Waals surface area (Å²) < 4.78 is 7.24. The molecule has 0 aliphatic carbocycles. The minimum atomic E-state index is 0.667. The van der Waals surface area contributed by atoms with Gasteiger partial charge in [0.25, 0.3) is 0 Å². The number of aromatic nitrogens is 4. The second-order valence-corrected chi connectivity index (χ2v) is 6.18. The summed E-state index contributed by atoms with van der Waals surface area (Å²) in [6.07, 6.45) is 1.98. The lowest BCUT2D eigenvalue weighted by Crippen LogP contribution is -1.96. The smallest absolute Gasteiger partial charge is 0.186 e. The van der Waals surface area contributed by atoms with Crippen LogP contribution in [0.2, 0.25) is 0 Å². The summed E-state index contributed by atoms with van der Waals surface area (Å²) >= 11 is 0. The van der Waals surface area contributed by atoms with Gasteiger partial charge in [-0.15, -0.1) is 0 Å². The number of fused-ring (bicyclic) bond motifs is 1. The van der Waals surface area contributed by atoms with Crippen LogP contribution in [0.3, 0.4) is 0 Å². The molecule has 0 fully saturated rings. The topological polar surface area (TPSA) is 52.8 Å². The van der Waals surface area contributed by atoms with Crippen LogP contribution in [0.15, 0.2) is 54.7 Å². The van der Waals surface area contributed by atoms with E-state index in [1.807, 2.05) is 73.3 Å². The predicted molar refractivity (Wildman–Crippen MR) is 105 cm³/mol. The van der Waals surface area contributed by atoms with E-state index in [2.05, 4.69) is 26.8 Å². The van der Waals surface area contributed by atoms with Crippen molar-refractivity contribution in [3.05, 3.63) is 72.1 Å². The second kappa shape index (κ2) is 6.93. The number of benzene rings is 2. The molecule has 0 unspecified atom stereocenters. The number of hydrogen-bond acceptors (Lipinski definition) is 4. The first kappa shape index (κ1) is 16.8. The number of aryl methyl sites for hydroxylation is 2. The molecule has 0 aliphatic rings. The zero-order valence-electron chi connectivity index (χ0n) is 15.4. The highest BCUT2D eigenvalue weighted by atomic mass is 16.5. The highest BCUT2D eigenvalue weighted by Crippen LogP contribution is 2.22. The summed E-state index contributed by atoms with van der Waals surface area (Å²) in [5, 5.41) is 0.866. The minimum absolute atomic E-state index is 0.667. The van der Waals surface area contributed by atoms with Crippen LogP contribution < -0.4 is 4.74 Å². The molecule has 0 amide bonds. The molecule has 4 aromatic rings. The van der Waals surface area contributed by atoms with Gasteiger partial charge in [0.2, 0.25) is 0 Å². The van der Waals surface area contributed by atoms with E-state index < -0.39 is 0 Å².